The average Bonchev–Trinajstić information content (AvgIpc) is 3.22. The molecule has 1 aliphatic rings. The minimum Gasteiger partial charge on any atom is -0.462 e. The molecule has 11 heteroatoms. The van der Waals surface area contributed by atoms with Crippen LogP contribution in [0.1, 0.15) is 58.0 Å². The van der Waals surface area contributed by atoms with E-state index in [4.69, 9.17) is 16.3 Å². The van der Waals surface area contributed by atoms with E-state index in [-0.39, 0.29) is 23.1 Å². The Bertz CT molecular complexity index is 1070. The van der Waals surface area contributed by atoms with Gasteiger partial charge >= 0.3 is 5.97 Å². The molecule has 0 fully saturated rings. The van der Waals surface area contributed by atoms with Crippen molar-refractivity contribution in [2.24, 2.45) is 0 Å². The maximum absolute atomic E-state index is 12.8. The van der Waals surface area contributed by atoms with Crippen LogP contribution in [-0.4, -0.2) is 42.6 Å². The lowest BCUT2D eigenvalue weighted by atomic mass is 10.1. The highest BCUT2D eigenvalue weighted by molar-refractivity contribution is 7.91. The molecule has 2 aromatic rings. The first-order valence-electron chi connectivity index (χ1n) is 9.16. The van der Waals surface area contributed by atoms with Crippen LogP contribution in [0.4, 0.5) is 5.00 Å². The van der Waals surface area contributed by atoms with Crippen molar-refractivity contribution >= 4 is 49.7 Å². The van der Waals surface area contributed by atoms with Crippen LogP contribution in [0.2, 0.25) is 5.02 Å². The van der Waals surface area contributed by atoms with Gasteiger partial charge in [0.25, 0.3) is 5.91 Å². The van der Waals surface area contributed by atoms with E-state index in [1.165, 1.54) is 11.3 Å². The average molecular weight is 458 g/mol. The van der Waals surface area contributed by atoms with Gasteiger partial charge in [-0.3, -0.25) is 4.79 Å². The summed E-state index contributed by atoms with van der Waals surface area (Å²) in [6.07, 6.45) is 3.99. The molecular formula is C18H20ClN3O5S2. The van der Waals surface area contributed by atoms with E-state index in [2.05, 4.69) is 15.3 Å². The highest BCUT2D eigenvalue weighted by Gasteiger charge is 2.29. The van der Waals surface area contributed by atoms with Crippen molar-refractivity contribution in [3.05, 3.63) is 32.9 Å². The molecule has 0 spiro atoms. The van der Waals surface area contributed by atoms with Crippen molar-refractivity contribution in [1.82, 2.24) is 9.97 Å². The van der Waals surface area contributed by atoms with Crippen molar-refractivity contribution in [1.29, 1.82) is 0 Å². The van der Waals surface area contributed by atoms with Crippen LogP contribution in [0, 0.1) is 0 Å². The number of hydrogen-bond acceptors (Lipinski definition) is 8. The summed E-state index contributed by atoms with van der Waals surface area (Å²) < 4.78 is 29.6. The number of ether oxygens (including phenoxy) is 1. The largest absolute Gasteiger partial charge is 0.462 e. The summed E-state index contributed by atoms with van der Waals surface area (Å²) in [5.41, 5.74) is 0.977. The van der Waals surface area contributed by atoms with E-state index in [1.54, 1.807) is 13.8 Å². The Kier molecular flexibility index (Phi) is 6.55. The zero-order valence-electron chi connectivity index (χ0n) is 16.0. The molecule has 0 unspecified atom stereocenters. The van der Waals surface area contributed by atoms with Gasteiger partial charge in [0.15, 0.2) is 5.69 Å². The monoisotopic (exact) mass is 457 g/mol. The molecule has 1 aliphatic carbocycles. The Morgan fingerprint density at radius 3 is 2.76 bits per heavy atom. The van der Waals surface area contributed by atoms with Crippen molar-refractivity contribution in [3.8, 4) is 0 Å². The van der Waals surface area contributed by atoms with Crippen molar-refractivity contribution in [3.63, 3.8) is 0 Å². The third kappa shape index (κ3) is 4.44. The normalized spacial score (nSPS) is 13.2. The highest BCUT2D eigenvalue weighted by Crippen LogP contribution is 2.39. The van der Waals surface area contributed by atoms with Crippen LogP contribution < -0.4 is 5.32 Å². The number of amides is 1. The quantitative estimate of drug-likeness (QED) is 0.501. The number of carbonyl (C=O) groups is 2. The number of carbonyl (C=O) groups excluding carboxylic acids is 2. The zero-order valence-corrected chi connectivity index (χ0v) is 18.3. The van der Waals surface area contributed by atoms with Gasteiger partial charge in [0.2, 0.25) is 15.0 Å². The Hall–Kier alpha value is -2.04. The second-order valence-corrected chi connectivity index (χ2v) is 9.92. The number of halogens is 1. The molecule has 0 aromatic carbocycles. The molecule has 2 aromatic heterocycles. The first-order chi connectivity index (χ1) is 13.8. The summed E-state index contributed by atoms with van der Waals surface area (Å²) in [5.74, 6) is -1.35. The molecule has 0 radical (unpaired) electrons. The summed E-state index contributed by atoms with van der Waals surface area (Å²) in [6.45, 7) is 3.64. The fourth-order valence-electron chi connectivity index (χ4n) is 3.09. The van der Waals surface area contributed by atoms with Crippen molar-refractivity contribution in [2.75, 3.05) is 17.7 Å². The molecule has 0 saturated heterocycles. The standard InChI is InChI=1S/C18H20ClN3O5S2/c1-3-8-29(25,26)18-20-9-11(19)14(21-18)15(23)22-16-13(17(24)27-4-2)10-6-5-7-12(10)28-16/h9H,3-8H2,1-2H3,(H,22,23). The van der Waals surface area contributed by atoms with Crippen LogP contribution >= 0.6 is 22.9 Å². The van der Waals surface area contributed by atoms with Gasteiger partial charge in [-0.1, -0.05) is 18.5 Å². The van der Waals surface area contributed by atoms with Gasteiger partial charge in [-0.05, 0) is 38.2 Å². The summed E-state index contributed by atoms with van der Waals surface area (Å²) in [5, 5.41) is 2.47. The number of hydrogen-bond donors (Lipinski definition) is 1. The minimum atomic E-state index is -3.71. The third-order valence-corrected chi connectivity index (χ3v) is 7.50. The van der Waals surface area contributed by atoms with Gasteiger partial charge in [0.05, 0.1) is 29.1 Å². The topological polar surface area (TPSA) is 115 Å². The fraction of sp³-hybridized carbons (Fsp3) is 0.444. The van der Waals surface area contributed by atoms with E-state index in [1.807, 2.05) is 0 Å². The van der Waals surface area contributed by atoms with E-state index < -0.39 is 26.9 Å². The molecule has 0 bridgehead atoms. The second kappa shape index (κ2) is 8.76. The van der Waals surface area contributed by atoms with E-state index in [0.29, 0.717) is 17.0 Å². The van der Waals surface area contributed by atoms with Gasteiger partial charge < -0.3 is 10.1 Å². The van der Waals surface area contributed by atoms with Crippen LogP contribution in [-0.2, 0) is 27.4 Å². The Balaban J connectivity index is 1.95. The number of aromatic nitrogens is 2. The smallest absolute Gasteiger partial charge is 0.341 e. The summed E-state index contributed by atoms with van der Waals surface area (Å²) in [7, 11) is -3.71. The Labute approximate surface area is 177 Å². The number of thiophene rings is 1. The number of aryl methyl sites for hydroxylation is 1. The predicted octanol–water partition coefficient (Wildman–Crippen LogP) is 3.29. The maximum Gasteiger partial charge on any atom is 0.341 e. The Morgan fingerprint density at radius 2 is 2.07 bits per heavy atom. The van der Waals surface area contributed by atoms with Gasteiger partial charge in [-0.2, -0.15) is 0 Å². The molecule has 0 aliphatic heterocycles. The zero-order chi connectivity index (χ0) is 21.2. The maximum atomic E-state index is 12.8. The lowest BCUT2D eigenvalue weighted by Crippen LogP contribution is -2.19. The molecule has 3 rings (SSSR count). The summed E-state index contributed by atoms with van der Waals surface area (Å²) >= 11 is 7.35. The van der Waals surface area contributed by atoms with Crippen LogP contribution in [0.25, 0.3) is 0 Å². The second-order valence-electron chi connectivity index (χ2n) is 6.40. The third-order valence-electron chi connectivity index (χ3n) is 4.32. The number of nitrogens with one attached hydrogen (secondary N) is 1. The molecule has 0 atom stereocenters. The van der Waals surface area contributed by atoms with Gasteiger partial charge in [-0.25, -0.2) is 23.2 Å². The van der Waals surface area contributed by atoms with Gasteiger partial charge in [0.1, 0.15) is 5.00 Å². The SMILES string of the molecule is CCCS(=O)(=O)c1ncc(Cl)c(C(=O)Nc2sc3c(c2C(=O)OCC)CCC3)n1. The molecule has 8 nitrogen and oxygen atoms in total. The lowest BCUT2D eigenvalue weighted by Gasteiger charge is -2.09. The molecule has 156 valence electrons. The number of fused-ring (bicyclic) bond motifs is 1. The Morgan fingerprint density at radius 1 is 1.31 bits per heavy atom. The molecule has 1 amide bonds. The highest BCUT2D eigenvalue weighted by atomic mass is 35.5. The summed E-state index contributed by atoms with van der Waals surface area (Å²) in [6, 6.07) is 0. The molecule has 1 N–H and O–H groups in total. The first-order valence-corrected chi connectivity index (χ1v) is 12.0. The summed E-state index contributed by atoms with van der Waals surface area (Å²) in [4.78, 5) is 33.9. The van der Waals surface area contributed by atoms with Crippen LogP contribution in [0.15, 0.2) is 11.4 Å². The number of rotatable bonds is 7. The molecule has 0 saturated carbocycles. The number of anilines is 1. The number of sulfone groups is 1. The lowest BCUT2D eigenvalue weighted by molar-refractivity contribution is 0.0527. The van der Waals surface area contributed by atoms with E-state index >= 15 is 0 Å². The van der Waals surface area contributed by atoms with Crippen molar-refractivity contribution in [2.45, 2.75) is 44.7 Å². The molecule has 2 heterocycles. The van der Waals surface area contributed by atoms with Crippen LogP contribution in [0.3, 0.4) is 0 Å². The van der Waals surface area contributed by atoms with Gasteiger partial charge in [0, 0.05) is 4.88 Å². The molecule has 29 heavy (non-hydrogen) atoms. The fourth-order valence-corrected chi connectivity index (χ4v) is 5.71. The molecular weight excluding hydrogens is 438 g/mol. The first kappa shape index (κ1) is 21.7. The minimum absolute atomic E-state index is 0.0836. The van der Waals surface area contributed by atoms with Crippen LogP contribution in [0.5, 0.6) is 0 Å². The predicted molar refractivity (Wildman–Crippen MR) is 110 cm³/mol. The van der Waals surface area contributed by atoms with Gasteiger partial charge in [-0.15, -0.1) is 11.3 Å². The van der Waals surface area contributed by atoms with Crippen molar-refractivity contribution < 1.29 is 22.7 Å². The van der Waals surface area contributed by atoms with E-state index in [0.717, 1.165) is 35.9 Å². The van der Waals surface area contributed by atoms with E-state index in [9.17, 15) is 18.0 Å². The number of nitrogens with zero attached hydrogens (tertiary/aromatic N) is 2. The number of esters is 1.